The Morgan fingerprint density at radius 2 is 2.19 bits per heavy atom. The maximum atomic E-state index is 9.23. The predicted molar refractivity (Wildman–Crippen MR) is 94.6 cm³/mol. The van der Waals surface area contributed by atoms with Crippen molar-refractivity contribution in [2.75, 3.05) is 20.8 Å². The van der Waals surface area contributed by atoms with Crippen LogP contribution in [0.15, 0.2) is 18.2 Å². The molecule has 7 nitrogen and oxygen atoms in total. The summed E-state index contributed by atoms with van der Waals surface area (Å²) >= 11 is 0. The minimum Gasteiger partial charge on any atom is -0.496 e. The molecule has 1 saturated heterocycles. The zero-order valence-corrected chi connectivity index (χ0v) is 15.2. The fourth-order valence-electron chi connectivity index (χ4n) is 4.09. The third kappa shape index (κ3) is 2.96. The quantitative estimate of drug-likeness (QED) is 0.819. The molecule has 1 aromatic carbocycles. The van der Waals surface area contributed by atoms with Gasteiger partial charge in [-0.2, -0.15) is 5.26 Å². The third-order valence-corrected chi connectivity index (χ3v) is 5.42. The van der Waals surface area contributed by atoms with Crippen molar-refractivity contribution < 1.29 is 9.47 Å². The van der Waals surface area contributed by atoms with Gasteiger partial charge in [-0.15, -0.1) is 10.2 Å². The van der Waals surface area contributed by atoms with Gasteiger partial charge in [0.15, 0.2) is 5.82 Å². The molecule has 1 aromatic heterocycles. The van der Waals surface area contributed by atoms with Crippen LogP contribution in [-0.4, -0.2) is 46.5 Å². The number of likely N-dealkylation sites (tertiary alicyclic amines) is 1. The van der Waals surface area contributed by atoms with E-state index in [0.717, 1.165) is 55.3 Å². The van der Waals surface area contributed by atoms with Crippen LogP contribution in [0.2, 0.25) is 0 Å². The zero-order chi connectivity index (χ0) is 18.1. The number of hydrogen-bond acceptors (Lipinski definition) is 6. The molecule has 0 spiro atoms. The van der Waals surface area contributed by atoms with Gasteiger partial charge in [-0.1, -0.05) is 0 Å². The molecule has 0 saturated carbocycles. The van der Waals surface area contributed by atoms with Gasteiger partial charge in [0.05, 0.1) is 30.9 Å². The molecule has 0 amide bonds. The summed E-state index contributed by atoms with van der Waals surface area (Å²) in [4.78, 5) is 2.36. The summed E-state index contributed by atoms with van der Waals surface area (Å²) < 4.78 is 13.4. The Kier molecular flexibility index (Phi) is 4.62. The molecule has 2 atom stereocenters. The molecule has 0 radical (unpaired) electrons. The van der Waals surface area contributed by atoms with E-state index in [1.54, 1.807) is 20.3 Å². The van der Waals surface area contributed by atoms with Crippen LogP contribution in [-0.2, 0) is 24.2 Å². The fourth-order valence-corrected chi connectivity index (χ4v) is 4.09. The number of methoxy groups -OCH3 is 2. The van der Waals surface area contributed by atoms with Gasteiger partial charge in [-0.25, -0.2) is 0 Å². The second-order valence-corrected chi connectivity index (χ2v) is 6.91. The molecule has 2 aliphatic rings. The van der Waals surface area contributed by atoms with Gasteiger partial charge in [0.1, 0.15) is 11.6 Å². The lowest BCUT2D eigenvalue weighted by Gasteiger charge is -2.24. The Balaban J connectivity index is 1.64. The van der Waals surface area contributed by atoms with Crippen molar-refractivity contribution in [3.63, 3.8) is 0 Å². The maximum Gasteiger partial charge on any atom is 0.150 e. The number of rotatable bonds is 5. The largest absolute Gasteiger partial charge is 0.496 e. The van der Waals surface area contributed by atoms with Crippen LogP contribution in [0.4, 0.5) is 0 Å². The lowest BCUT2D eigenvalue weighted by atomic mass is 10.1. The molecule has 0 aliphatic carbocycles. The van der Waals surface area contributed by atoms with E-state index in [1.165, 1.54) is 0 Å². The maximum absolute atomic E-state index is 9.23. The number of benzene rings is 1. The van der Waals surface area contributed by atoms with Crippen LogP contribution in [0.1, 0.15) is 41.7 Å². The molecule has 2 aliphatic heterocycles. The Bertz CT molecular complexity index is 841. The summed E-state index contributed by atoms with van der Waals surface area (Å²) in [6.07, 6.45) is 3.20. The summed E-state index contributed by atoms with van der Waals surface area (Å²) in [6.45, 7) is 2.50. The van der Waals surface area contributed by atoms with Crippen molar-refractivity contribution in [2.45, 2.75) is 44.5 Å². The van der Waals surface area contributed by atoms with Gasteiger partial charge in [0, 0.05) is 38.7 Å². The molecule has 2 aromatic rings. The summed E-state index contributed by atoms with van der Waals surface area (Å²) in [5.41, 5.74) is 1.65. The monoisotopic (exact) mass is 353 g/mol. The first kappa shape index (κ1) is 17.0. The van der Waals surface area contributed by atoms with Crippen LogP contribution in [0.3, 0.4) is 0 Å². The van der Waals surface area contributed by atoms with Crippen LogP contribution < -0.4 is 4.74 Å². The van der Waals surface area contributed by atoms with E-state index >= 15 is 0 Å². The summed E-state index contributed by atoms with van der Waals surface area (Å²) in [5, 5.41) is 18.1. The number of hydrogen-bond donors (Lipinski definition) is 0. The summed E-state index contributed by atoms with van der Waals surface area (Å²) in [5.74, 6) is 2.92. The minimum atomic E-state index is 0.162. The Morgan fingerprint density at radius 1 is 1.31 bits per heavy atom. The standard InChI is InChI=1S/C19H23N5O2/c1-25-15-9-16(19-22-21-18-4-3-7-24(18)19)23(12-15)11-14-8-13(10-20)5-6-17(14)26-2/h5-6,8,15-16H,3-4,7,9,11-12H2,1-2H3/t15-,16+/m1/s1. The SMILES string of the molecule is COc1ccc(C#N)cc1CN1C[C@H](OC)C[C@H]1c1nnc2n1CCC2. The number of nitrogens with zero attached hydrogens (tertiary/aromatic N) is 5. The minimum absolute atomic E-state index is 0.162. The number of ether oxygens (including phenoxy) is 2. The molecular formula is C19H23N5O2. The average Bonchev–Trinajstić information content (AvgIpc) is 3.37. The Hall–Kier alpha value is -2.43. The van der Waals surface area contributed by atoms with Crippen molar-refractivity contribution in [3.05, 3.63) is 41.0 Å². The fraction of sp³-hybridized carbons (Fsp3) is 0.526. The van der Waals surface area contributed by atoms with Crippen LogP contribution in [0.25, 0.3) is 0 Å². The molecule has 1 fully saturated rings. The van der Waals surface area contributed by atoms with Crippen molar-refractivity contribution in [1.82, 2.24) is 19.7 Å². The van der Waals surface area contributed by atoms with Crippen LogP contribution >= 0.6 is 0 Å². The molecule has 0 N–H and O–H groups in total. The van der Waals surface area contributed by atoms with E-state index in [2.05, 4.69) is 25.7 Å². The van der Waals surface area contributed by atoms with Gasteiger partial charge >= 0.3 is 0 Å². The molecule has 0 unspecified atom stereocenters. The van der Waals surface area contributed by atoms with Gasteiger partial charge in [0.25, 0.3) is 0 Å². The summed E-state index contributed by atoms with van der Waals surface area (Å²) in [6, 6.07) is 7.93. The van der Waals surface area contributed by atoms with E-state index in [-0.39, 0.29) is 12.1 Å². The second-order valence-electron chi connectivity index (χ2n) is 6.91. The second kappa shape index (κ2) is 7.06. The van der Waals surface area contributed by atoms with Gasteiger partial charge in [0.2, 0.25) is 0 Å². The number of aryl methyl sites for hydroxylation is 1. The highest BCUT2D eigenvalue weighted by molar-refractivity contribution is 5.42. The zero-order valence-electron chi connectivity index (χ0n) is 15.2. The van der Waals surface area contributed by atoms with E-state index in [0.29, 0.717) is 12.1 Å². The van der Waals surface area contributed by atoms with E-state index in [9.17, 15) is 5.26 Å². The van der Waals surface area contributed by atoms with E-state index < -0.39 is 0 Å². The highest BCUT2D eigenvalue weighted by Crippen LogP contribution is 2.36. The first-order valence-electron chi connectivity index (χ1n) is 8.99. The number of fused-ring (bicyclic) bond motifs is 1. The Labute approximate surface area is 153 Å². The molecule has 7 heteroatoms. The molecule has 26 heavy (non-hydrogen) atoms. The molecule has 136 valence electrons. The molecule has 0 bridgehead atoms. The first-order chi connectivity index (χ1) is 12.7. The predicted octanol–water partition coefficient (Wildman–Crippen LogP) is 2.07. The number of nitriles is 1. The lowest BCUT2D eigenvalue weighted by molar-refractivity contribution is 0.107. The highest BCUT2D eigenvalue weighted by Gasteiger charge is 2.37. The van der Waals surface area contributed by atoms with Crippen molar-refractivity contribution in [1.29, 1.82) is 5.26 Å². The molecular weight excluding hydrogens is 330 g/mol. The van der Waals surface area contributed by atoms with Gasteiger partial charge in [-0.05, 0) is 31.0 Å². The van der Waals surface area contributed by atoms with Crippen LogP contribution in [0.5, 0.6) is 5.75 Å². The topological polar surface area (TPSA) is 76.2 Å². The Morgan fingerprint density at radius 3 is 2.96 bits per heavy atom. The van der Waals surface area contributed by atoms with Crippen LogP contribution in [0, 0.1) is 11.3 Å². The summed E-state index contributed by atoms with van der Waals surface area (Å²) in [7, 11) is 3.42. The number of aromatic nitrogens is 3. The normalized spacial score (nSPS) is 22.3. The van der Waals surface area contributed by atoms with Crippen molar-refractivity contribution in [2.24, 2.45) is 0 Å². The third-order valence-electron chi connectivity index (χ3n) is 5.42. The van der Waals surface area contributed by atoms with Gasteiger partial charge < -0.3 is 14.0 Å². The van der Waals surface area contributed by atoms with Crippen molar-refractivity contribution in [3.8, 4) is 11.8 Å². The van der Waals surface area contributed by atoms with E-state index in [1.807, 2.05) is 12.1 Å². The lowest BCUT2D eigenvalue weighted by Crippen LogP contribution is -2.26. The highest BCUT2D eigenvalue weighted by atomic mass is 16.5. The van der Waals surface area contributed by atoms with E-state index in [4.69, 9.17) is 9.47 Å². The first-order valence-corrected chi connectivity index (χ1v) is 8.99. The average molecular weight is 353 g/mol. The molecule has 4 rings (SSSR count). The smallest absolute Gasteiger partial charge is 0.150 e. The molecule has 3 heterocycles. The van der Waals surface area contributed by atoms with Crippen molar-refractivity contribution >= 4 is 0 Å². The van der Waals surface area contributed by atoms with Gasteiger partial charge in [-0.3, -0.25) is 4.90 Å².